The first-order valence-electron chi connectivity index (χ1n) is 9.39. The molecule has 3 heterocycles. The molecule has 1 aliphatic rings. The molecule has 1 N–H and O–H groups in total. The number of aliphatic hydroxyl groups is 1. The van der Waals surface area contributed by atoms with E-state index in [0.717, 1.165) is 6.42 Å². The molecule has 0 unspecified atom stereocenters. The maximum atomic E-state index is 13.1. The average Bonchev–Trinajstić information content (AvgIpc) is 3.47. The van der Waals surface area contributed by atoms with Crippen molar-refractivity contribution in [3.63, 3.8) is 0 Å². The molecule has 1 aromatic carbocycles. The molecule has 8 nitrogen and oxygen atoms in total. The number of amides is 1. The van der Waals surface area contributed by atoms with Crippen molar-refractivity contribution in [2.24, 2.45) is 0 Å². The van der Waals surface area contributed by atoms with Crippen molar-refractivity contribution < 1.29 is 23.8 Å². The highest BCUT2D eigenvalue weighted by Gasteiger charge is 2.46. The van der Waals surface area contributed by atoms with Crippen LogP contribution in [0.5, 0.6) is 5.75 Å². The molecular formula is C21H19N3O5S. The van der Waals surface area contributed by atoms with Crippen molar-refractivity contribution in [3.8, 4) is 5.75 Å². The Labute approximate surface area is 176 Å². The van der Waals surface area contributed by atoms with E-state index in [4.69, 9.17) is 9.15 Å². The summed E-state index contributed by atoms with van der Waals surface area (Å²) in [6.07, 6.45) is 2.20. The Balaban J connectivity index is 1.84. The van der Waals surface area contributed by atoms with Crippen LogP contribution in [0.15, 0.2) is 58.4 Å². The smallest absolute Gasteiger partial charge is 0.296 e. The number of nitrogens with zero attached hydrogens (tertiary/aromatic N) is 3. The SMILES string of the molecule is CCCOc1cccc([C@@H]2C(C(=O)c3ccco3)=C(O)C(=O)N2c2nnc(C)s2)c1. The number of hydrogen-bond acceptors (Lipinski definition) is 8. The molecule has 4 rings (SSSR count). The summed E-state index contributed by atoms with van der Waals surface area (Å²) in [7, 11) is 0. The number of anilines is 1. The van der Waals surface area contributed by atoms with Crippen LogP contribution in [-0.2, 0) is 4.79 Å². The van der Waals surface area contributed by atoms with Crippen molar-refractivity contribution in [1.82, 2.24) is 10.2 Å². The predicted molar refractivity (Wildman–Crippen MR) is 110 cm³/mol. The van der Waals surface area contributed by atoms with E-state index < -0.39 is 23.5 Å². The van der Waals surface area contributed by atoms with E-state index in [0.29, 0.717) is 22.9 Å². The summed E-state index contributed by atoms with van der Waals surface area (Å²) in [6, 6.07) is 9.26. The minimum absolute atomic E-state index is 0.0306. The van der Waals surface area contributed by atoms with E-state index in [9.17, 15) is 14.7 Å². The van der Waals surface area contributed by atoms with Crippen LogP contribution in [-0.4, -0.2) is 33.6 Å². The highest BCUT2D eigenvalue weighted by Crippen LogP contribution is 2.43. The number of carbonyl (C=O) groups excluding carboxylic acids is 2. The maximum absolute atomic E-state index is 13.1. The van der Waals surface area contributed by atoms with Gasteiger partial charge in [-0.2, -0.15) is 0 Å². The standard InChI is InChI=1S/C21H19N3O5S/c1-3-9-28-14-7-4-6-13(11-14)17-16(18(25)15-8-5-10-29-15)19(26)20(27)24(17)21-23-22-12(2)30-21/h4-8,10-11,17,26H,3,9H2,1-2H3/t17-/m1/s1. The zero-order valence-corrected chi connectivity index (χ0v) is 17.2. The minimum Gasteiger partial charge on any atom is -0.503 e. The molecule has 0 saturated heterocycles. The van der Waals surface area contributed by atoms with Crippen molar-refractivity contribution in [2.45, 2.75) is 26.3 Å². The van der Waals surface area contributed by atoms with Crippen LogP contribution in [0, 0.1) is 6.92 Å². The van der Waals surface area contributed by atoms with Gasteiger partial charge in [-0.1, -0.05) is 30.4 Å². The number of aliphatic hydroxyl groups excluding tert-OH is 1. The number of carbonyl (C=O) groups is 2. The number of Topliss-reactive ketones (excluding diaryl/α,β-unsaturated/α-hetero) is 1. The zero-order chi connectivity index (χ0) is 21.3. The van der Waals surface area contributed by atoms with Crippen LogP contribution >= 0.6 is 11.3 Å². The highest BCUT2D eigenvalue weighted by atomic mass is 32.1. The van der Waals surface area contributed by atoms with Gasteiger partial charge in [-0.25, -0.2) is 0 Å². The van der Waals surface area contributed by atoms with E-state index in [1.54, 1.807) is 37.3 Å². The maximum Gasteiger partial charge on any atom is 0.296 e. The number of ether oxygens (including phenoxy) is 1. The molecule has 1 aliphatic heterocycles. The van der Waals surface area contributed by atoms with Gasteiger partial charge < -0.3 is 14.3 Å². The average molecular weight is 425 g/mol. The van der Waals surface area contributed by atoms with Gasteiger partial charge in [0.2, 0.25) is 10.9 Å². The van der Waals surface area contributed by atoms with Crippen molar-refractivity contribution in [2.75, 3.05) is 11.5 Å². The number of aromatic nitrogens is 2. The van der Waals surface area contributed by atoms with Gasteiger partial charge in [0.25, 0.3) is 5.91 Å². The molecule has 0 spiro atoms. The van der Waals surface area contributed by atoms with E-state index in [-0.39, 0.29) is 16.5 Å². The van der Waals surface area contributed by atoms with Crippen LogP contribution in [0.1, 0.15) is 40.5 Å². The molecule has 0 bridgehead atoms. The summed E-state index contributed by atoms with van der Waals surface area (Å²) in [5.41, 5.74) is 0.527. The second-order valence-electron chi connectivity index (χ2n) is 6.67. The second kappa shape index (κ2) is 8.11. The molecule has 1 atom stereocenters. The lowest BCUT2D eigenvalue weighted by atomic mass is 9.95. The quantitative estimate of drug-likeness (QED) is 0.570. The number of furan rings is 1. The third kappa shape index (κ3) is 3.48. The van der Waals surface area contributed by atoms with Gasteiger partial charge in [-0.3, -0.25) is 14.5 Å². The largest absolute Gasteiger partial charge is 0.503 e. The highest BCUT2D eigenvalue weighted by molar-refractivity contribution is 7.15. The minimum atomic E-state index is -0.896. The molecule has 0 saturated carbocycles. The topological polar surface area (TPSA) is 106 Å². The first-order valence-corrected chi connectivity index (χ1v) is 10.2. The summed E-state index contributed by atoms with van der Waals surface area (Å²) in [5, 5.41) is 19.6. The molecule has 154 valence electrons. The van der Waals surface area contributed by atoms with Gasteiger partial charge in [0.05, 0.1) is 24.5 Å². The summed E-state index contributed by atoms with van der Waals surface area (Å²) < 4.78 is 10.9. The van der Waals surface area contributed by atoms with E-state index >= 15 is 0 Å². The Morgan fingerprint density at radius 3 is 2.80 bits per heavy atom. The Morgan fingerprint density at radius 1 is 1.30 bits per heavy atom. The molecule has 0 radical (unpaired) electrons. The zero-order valence-electron chi connectivity index (χ0n) is 16.4. The van der Waals surface area contributed by atoms with Crippen LogP contribution in [0.3, 0.4) is 0 Å². The van der Waals surface area contributed by atoms with Crippen molar-refractivity contribution in [1.29, 1.82) is 0 Å². The monoisotopic (exact) mass is 425 g/mol. The Morgan fingerprint density at radius 2 is 2.13 bits per heavy atom. The third-order valence-corrected chi connectivity index (χ3v) is 5.40. The lowest BCUT2D eigenvalue weighted by Crippen LogP contribution is -2.31. The lowest BCUT2D eigenvalue weighted by Gasteiger charge is -2.24. The number of aryl methyl sites for hydroxylation is 1. The fraction of sp³-hybridized carbons (Fsp3) is 0.238. The summed E-state index contributed by atoms with van der Waals surface area (Å²) in [4.78, 5) is 27.4. The molecule has 2 aromatic heterocycles. The van der Waals surface area contributed by atoms with Gasteiger partial charge in [0.15, 0.2) is 11.5 Å². The number of rotatable bonds is 7. The van der Waals surface area contributed by atoms with Crippen LogP contribution < -0.4 is 9.64 Å². The normalized spacial score (nSPS) is 16.4. The van der Waals surface area contributed by atoms with Crippen molar-refractivity contribution >= 4 is 28.2 Å². The molecule has 0 fully saturated rings. The van der Waals surface area contributed by atoms with Gasteiger partial charge in [-0.15, -0.1) is 10.2 Å². The Bertz CT molecular complexity index is 1120. The predicted octanol–water partition coefficient (Wildman–Crippen LogP) is 4.01. The molecule has 1 amide bonds. The van der Waals surface area contributed by atoms with Crippen molar-refractivity contribution in [3.05, 3.63) is 70.3 Å². The lowest BCUT2D eigenvalue weighted by molar-refractivity contribution is -0.117. The Hall–Kier alpha value is -3.46. The molecule has 30 heavy (non-hydrogen) atoms. The Kier molecular flexibility index (Phi) is 5.37. The number of benzene rings is 1. The van der Waals surface area contributed by atoms with E-state index in [1.807, 2.05) is 6.92 Å². The first kappa shape index (κ1) is 19.8. The third-order valence-electron chi connectivity index (χ3n) is 4.57. The summed E-state index contributed by atoms with van der Waals surface area (Å²) in [5.74, 6) is -1.28. The van der Waals surface area contributed by atoms with Gasteiger partial charge in [-0.05, 0) is 43.2 Å². The van der Waals surface area contributed by atoms with E-state index in [1.165, 1.54) is 28.6 Å². The fourth-order valence-electron chi connectivity index (χ4n) is 3.27. The second-order valence-corrected chi connectivity index (χ2v) is 7.83. The molecule has 0 aliphatic carbocycles. The first-order chi connectivity index (χ1) is 14.5. The summed E-state index contributed by atoms with van der Waals surface area (Å²) in [6.45, 7) is 4.30. The van der Waals surface area contributed by atoms with Gasteiger partial charge in [0.1, 0.15) is 10.8 Å². The van der Waals surface area contributed by atoms with Crippen LogP contribution in [0.25, 0.3) is 0 Å². The number of ketones is 1. The summed E-state index contributed by atoms with van der Waals surface area (Å²) >= 11 is 1.20. The molecule has 9 heteroatoms. The molecule has 3 aromatic rings. The van der Waals surface area contributed by atoms with Gasteiger partial charge in [0, 0.05) is 0 Å². The van der Waals surface area contributed by atoms with Crippen LogP contribution in [0.4, 0.5) is 5.13 Å². The van der Waals surface area contributed by atoms with E-state index in [2.05, 4.69) is 10.2 Å². The van der Waals surface area contributed by atoms with Crippen LogP contribution in [0.2, 0.25) is 0 Å². The van der Waals surface area contributed by atoms with Gasteiger partial charge >= 0.3 is 0 Å². The molecular weight excluding hydrogens is 406 g/mol. The number of hydrogen-bond donors (Lipinski definition) is 1. The fourth-order valence-corrected chi connectivity index (χ4v) is 3.98.